The maximum Gasteiger partial charge on any atom is 0.200 e. The van der Waals surface area contributed by atoms with Gasteiger partial charge in [0, 0.05) is 5.56 Å². The summed E-state index contributed by atoms with van der Waals surface area (Å²) in [5.41, 5.74) is 7.65. The number of anilines is 1. The molecule has 0 saturated carbocycles. The molecule has 0 amide bonds. The van der Waals surface area contributed by atoms with E-state index >= 15 is 0 Å². The predicted molar refractivity (Wildman–Crippen MR) is 63.2 cm³/mol. The van der Waals surface area contributed by atoms with Crippen molar-refractivity contribution in [2.45, 2.75) is 0 Å². The summed E-state index contributed by atoms with van der Waals surface area (Å²) in [6.07, 6.45) is 1.52. The van der Waals surface area contributed by atoms with Crippen LogP contribution >= 0.6 is 0 Å². The molecule has 0 bridgehead atoms. The molecule has 0 atom stereocenters. The van der Waals surface area contributed by atoms with Gasteiger partial charge in [-0.15, -0.1) is 0 Å². The van der Waals surface area contributed by atoms with E-state index in [1.54, 1.807) is 12.1 Å². The van der Waals surface area contributed by atoms with Crippen molar-refractivity contribution in [3.05, 3.63) is 18.3 Å². The quantitative estimate of drug-likeness (QED) is 0.747. The fraction of sp³-hybridized carbons (Fsp3) is 0.182. The number of nitrogens with zero attached hydrogens (tertiary/aromatic N) is 1. The molecule has 0 radical (unpaired) electrons. The number of hydrogen-bond acceptors (Lipinski definition) is 5. The van der Waals surface area contributed by atoms with Crippen LogP contribution < -0.4 is 15.2 Å². The number of ether oxygens (including phenoxy) is 2. The molecule has 0 aliphatic carbocycles. The number of nitrogen functional groups attached to an aromatic ring is 1. The summed E-state index contributed by atoms with van der Waals surface area (Å²) in [5, 5.41) is 16.4. The molecule has 17 heavy (non-hydrogen) atoms. The Bertz CT molecular complexity index is 512. The third-order valence-electron chi connectivity index (χ3n) is 2.44. The molecule has 6 heteroatoms. The van der Waals surface area contributed by atoms with E-state index in [4.69, 9.17) is 15.2 Å². The van der Waals surface area contributed by atoms with Crippen molar-refractivity contribution in [2.75, 3.05) is 20.0 Å². The van der Waals surface area contributed by atoms with Gasteiger partial charge in [0.1, 0.15) is 0 Å². The van der Waals surface area contributed by atoms with Gasteiger partial charge >= 0.3 is 0 Å². The molecule has 1 aromatic heterocycles. The van der Waals surface area contributed by atoms with Crippen LogP contribution in [0, 0.1) is 0 Å². The Kier molecular flexibility index (Phi) is 2.78. The van der Waals surface area contributed by atoms with E-state index in [0.717, 1.165) is 5.56 Å². The summed E-state index contributed by atoms with van der Waals surface area (Å²) in [6, 6.07) is 3.31. The molecule has 2 aromatic rings. The number of aromatic amines is 1. The number of aromatic nitrogens is 2. The monoisotopic (exact) mass is 235 g/mol. The van der Waals surface area contributed by atoms with Crippen molar-refractivity contribution in [3.63, 3.8) is 0 Å². The third-order valence-corrected chi connectivity index (χ3v) is 2.44. The Morgan fingerprint density at radius 3 is 2.24 bits per heavy atom. The van der Waals surface area contributed by atoms with Gasteiger partial charge in [0.2, 0.25) is 5.75 Å². The van der Waals surface area contributed by atoms with Crippen LogP contribution in [0.5, 0.6) is 17.2 Å². The largest absolute Gasteiger partial charge is 0.502 e. The number of methoxy groups -OCH3 is 2. The maximum absolute atomic E-state index is 9.77. The zero-order valence-corrected chi connectivity index (χ0v) is 9.52. The van der Waals surface area contributed by atoms with Crippen LogP contribution in [0.2, 0.25) is 0 Å². The van der Waals surface area contributed by atoms with Gasteiger partial charge in [-0.3, -0.25) is 5.10 Å². The third kappa shape index (κ3) is 1.84. The van der Waals surface area contributed by atoms with Gasteiger partial charge in [-0.2, -0.15) is 5.10 Å². The van der Waals surface area contributed by atoms with Crippen molar-refractivity contribution in [3.8, 4) is 28.5 Å². The number of nitrogens with two attached hydrogens (primary N) is 1. The minimum Gasteiger partial charge on any atom is -0.502 e. The highest BCUT2D eigenvalue weighted by Gasteiger charge is 2.14. The van der Waals surface area contributed by atoms with Gasteiger partial charge in [-0.1, -0.05) is 0 Å². The van der Waals surface area contributed by atoms with Crippen molar-refractivity contribution < 1.29 is 14.6 Å². The number of rotatable bonds is 3. The molecule has 0 aliphatic heterocycles. The summed E-state index contributed by atoms with van der Waals surface area (Å²) in [7, 11) is 2.93. The first-order valence-electron chi connectivity index (χ1n) is 4.91. The zero-order valence-electron chi connectivity index (χ0n) is 9.52. The molecule has 0 spiro atoms. The summed E-state index contributed by atoms with van der Waals surface area (Å²) in [4.78, 5) is 0. The van der Waals surface area contributed by atoms with Gasteiger partial charge in [0.05, 0.1) is 31.8 Å². The number of H-pyrrole nitrogens is 1. The van der Waals surface area contributed by atoms with Crippen LogP contribution in [0.1, 0.15) is 0 Å². The molecular formula is C11H13N3O3. The van der Waals surface area contributed by atoms with E-state index in [2.05, 4.69) is 10.2 Å². The highest BCUT2D eigenvalue weighted by molar-refractivity contribution is 5.76. The van der Waals surface area contributed by atoms with E-state index in [1.807, 2.05) is 0 Å². The summed E-state index contributed by atoms with van der Waals surface area (Å²) in [6.45, 7) is 0. The highest BCUT2D eigenvalue weighted by atomic mass is 16.5. The zero-order chi connectivity index (χ0) is 12.4. The summed E-state index contributed by atoms with van der Waals surface area (Å²) in [5.74, 6) is 0.582. The lowest BCUT2D eigenvalue weighted by Crippen LogP contribution is -1.92. The van der Waals surface area contributed by atoms with Gasteiger partial charge in [-0.25, -0.2) is 0 Å². The second-order valence-electron chi connectivity index (χ2n) is 3.43. The number of benzene rings is 1. The second-order valence-corrected chi connectivity index (χ2v) is 3.43. The van der Waals surface area contributed by atoms with Gasteiger partial charge in [0.15, 0.2) is 11.5 Å². The number of phenolic OH excluding ortho intramolecular Hbond substituents is 1. The predicted octanol–water partition coefficient (Wildman–Crippen LogP) is 1.38. The Hall–Kier alpha value is -2.37. The van der Waals surface area contributed by atoms with Crippen LogP contribution in [0.25, 0.3) is 11.3 Å². The molecule has 0 saturated heterocycles. The summed E-state index contributed by atoms with van der Waals surface area (Å²) < 4.78 is 10.1. The van der Waals surface area contributed by atoms with Crippen molar-refractivity contribution >= 4 is 5.69 Å². The molecule has 1 heterocycles. The standard InChI is InChI=1S/C11H13N3O3/c1-16-8-3-6(4-9(17-2)11(8)15)10-7(12)5-13-14-10/h3-5,15H,12H2,1-2H3,(H,13,14). The molecule has 0 aliphatic rings. The number of hydrogen-bond donors (Lipinski definition) is 3. The average molecular weight is 235 g/mol. The van der Waals surface area contributed by atoms with Crippen LogP contribution in [-0.4, -0.2) is 29.5 Å². The topological polar surface area (TPSA) is 93.4 Å². The Balaban J connectivity index is 2.60. The molecule has 90 valence electrons. The highest BCUT2D eigenvalue weighted by Crippen LogP contribution is 2.40. The molecule has 0 unspecified atom stereocenters. The normalized spacial score (nSPS) is 10.2. The fourth-order valence-corrected chi connectivity index (χ4v) is 1.56. The lowest BCUT2D eigenvalue weighted by atomic mass is 10.1. The van der Waals surface area contributed by atoms with E-state index in [0.29, 0.717) is 22.9 Å². The summed E-state index contributed by atoms with van der Waals surface area (Å²) >= 11 is 0. The number of phenols is 1. The maximum atomic E-state index is 9.77. The smallest absolute Gasteiger partial charge is 0.200 e. The van der Waals surface area contributed by atoms with Crippen molar-refractivity contribution in [2.24, 2.45) is 0 Å². The second kappa shape index (κ2) is 4.25. The SMILES string of the molecule is COc1cc(-c2[nH]ncc2N)cc(OC)c1O. The molecule has 4 N–H and O–H groups in total. The molecule has 1 aromatic carbocycles. The van der Waals surface area contributed by atoms with Crippen LogP contribution in [0.3, 0.4) is 0 Å². The lowest BCUT2D eigenvalue weighted by Gasteiger charge is -2.10. The first kappa shape index (κ1) is 11.1. The molecule has 6 nitrogen and oxygen atoms in total. The van der Waals surface area contributed by atoms with Crippen LogP contribution in [-0.2, 0) is 0 Å². The molecule has 2 rings (SSSR count). The van der Waals surface area contributed by atoms with Crippen molar-refractivity contribution in [1.29, 1.82) is 0 Å². The molecule has 0 fully saturated rings. The van der Waals surface area contributed by atoms with E-state index in [9.17, 15) is 5.11 Å². The van der Waals surface area contributed by atoms with E-state index < -0.39 is 0 Å². The fourth-order valence-electron chi connectivity index (χ4n) is 1.56. The first-order chi connectivity index (χ1) is 8.17. The first-order valence-corrected chi connectivity index (χ1v) is 4.91. The minimum atomic E-state index is -0.0446. The Labute approximate surface area is 98.0 Å². The number of nitrogens with one attached hydrogen (secondary N) is 1. The minimum absolute atomic E-state index is 0.0446. The van der Waals surface area contributed by atoms with Crippen LogP contribution in [0.15, 0.2) is 18.3 Å². The average Bonchev–Trinajstić information content (AvgIpc) is 2.76. The Morgan fingerprint density at radius 1 is 1.24 bits per heavy atom. The Morgan fingerprint density at radius 2 is 1.82 bits per heavy atom. The lowest BCUT2D eigenvalue weighted by molar-refractivity contribution is 0.340. The van der Waals surface area contributed by atoms with Gasteiger partial charge in [0.25, 0.3) is 0 Å². The van der Waals surface area contributed by atoms with E-state index in [-0.39, 0.29) is 5.75 Å². The van der Waals surface area contributed by atoms with E-state index in [1.165, 1.54) is 20.4 Å². The number of aromatic hydroxyl groups is 1. The molecular weight excluding hydrogens is 222 g/mol. The van der Waals surface area contributed by atoms with Crippen molar-refractivity contribution in [1.82, 2.24) is 10.2 Å². The van der Waals surface area contributed by atoms with Gasteiger partial charge < -0.3 is 20.3 Å². The van der Waals surface area contributed by atoms with Gasteiger partial charge in [-0.05, 0) is 12.1 Å². The van der Waals surface area contributed by atoms with Crippen LogP contribution in [0.4, 0.5) is 5.69 Å².